The molecule has 2 aromatic rings. The molecule has 2 nitrogen and oxygen atoms in total. The number of rotatable bonds is 3. The van der Waals surface area contributed by atoms with E-state index in [0.29, 0.717) is 12.0 Å². The normalized spacial score (nSPS) is 12.7. The lowest BCUT2D eigenvalue weighted by molar-refractivity contribution is 0.580. The van der Waals surface area contributed by atoms with Gasteiger partial charge in [-0.3, -0.25) is 0 Å². The molecule has 2 N–H and O–H groups in total. The molecule has 0 aliphatic heterocycles. The molecule has 0 spiro atoms. The van der Waals surface area contributed by atoms with Crippen LogP contribution in [0.2, 0.25) is 0 Å². The Morgan fingerprint density at radius 2 is 2.06 bits per heavy atom. The molecule has 1 aromatic carbocycles. The van der Waals surface area contributed by atoms with Crippen LogP contribution in [0.4, 0.5) is 4.39 Å². The van der Waals surface area contributed by atoms with Gasteiger partial charge in [0.15, 0.2) is 0 Å². The Labute approximate surface area is 104 Å². The molecule has 0 amide bonds. The van der Waals surface area contributed by atoms with Gasteiger partial charge in [0, 0.05) is 22.9 Å². The van der Waals surface area contributed by atoms with Gasteiger partial charge in [-0.05, 0) is 19.9 Å². The molecule has 1 unspecified atom stereocenters. The summed E-state index contributed by atoms with van der Waals surface area (Å²) in [6.45, 7) is 4.01. The fourth-order valence-corrected chi connectivity index (χ4v) is 2.69. The zero-order valence-electron chi connectivity index (χ0n) is 9.90. The van der Waals surface area contributed by atoms with Crippen molar-refractivity contribution in [3.05, 3.63) is 51.2 Å². The van der Waals surface area contributed by atoms with Crippen molar-refractivity contribution in [1.29, 1.82) is 0 Å². The molecule has 1 heterocycles. The quantitative estimate of drug-likeness (QED) is 0.909. The highest BCUT2D eigenvalue weighted by Crippen LogP contribution is 2.23. The van der Waals surface area contributed by atoms with Crippen LogP contribution in [0.5, 0.6) is 0 Å². The standard InChI is InChI=1S/C13H15FN2S/c1-8-9(2)17-13(16-8)7-12(15)10-5-3-4-6-11(10)14/h3-6,12H,7,15H2,1-2H3. The first-order valence-electron chi connectivity index (χ1n) is 5.51. The minimum atomic E-state index is -0.332. The number of halogens is 1. The van der Waals surface area contributed by atoms with Gasteiger partial charge in [0.2, 0.25) is 0 Å². The van der Waals surface area contributed by atoms with E-state index in [9.17, 15) is 4.39 Å². The van der Waals surface area contributed by atoms with E-state index in [2.05, 4.69) is 4.98 Å². The van der Waals surface area contributed by atoms with Crippen LogP contribution in [0.3, 0.4) is 0 Å². The molecule has 1 aromatic heterocycles. The molecule has 4 heteroatoms. The third-order valence-electron chi connectivity index (χ3n) is 2.77. The molecule has 0 fully saturated rings. The van der Waals surface area contributed by atoms with Gasteiger partial charge in [-0.2, -0.15) is 0 Å². The predicted octanol–water partition coefficient (Wildman–Crippen LogP) is 3.14. The SMILES string of the molecule is Cc1nc(CC(N)c2ccccc2F)sc1C. The lowest BCUT2D eigenvalue weighted by atomic mass is 10.0. The van der Waals surface area contributed by atoms with Crippen LogP contribution in [0.25, 0.3) is 0 Å². The highest BCUT2D eigenvalue weighted by molar-refractivity contribution is 7.11. The highest BCUT2D eigenvalue weighted by atomic mass is 32.1. The molecule has 0 saturated carbocycles. The van der Waals surface area contributed by atoms with Gasteiger partial charge in [0.25, 0.3) is 0 Å². The van der Waals surface area contributed by atoms with Crippen molar-refractivity contribution in [3.63, 3.8) is 0 Å². The Kier molecular flexibility index (Phi) is 3.54. The maximum atomic E-state index is 13.5. The van der Waals surface area contributed by atoms with Crippen molar-refractivity contribution >= 4 is 11.3 Å². The van der Waals surface area contributed by atoms with Crippen LogP contribution < -0.4 is 5.73 Å². The Bertz CT molecular complexity index is 502. The summed E-state index contributed by atoms with van der Waals surface area (Å²) in [5, 5.41) is 0.968. The van der Waals surface area contributed by atoms with Crippen LogP contribution in [-0.4, -0.2) is 4.98 Å². The molecule has 0 radical (unpaired) electrons. The molecule has 0 bridgehead atoms. The average molecular weight is 250 g/mol. The Morgan fingerprint density at radius 3 is 2.65 bits per heavy atom. The van der Waals surface area contributed by atoms with Crippen molar-refractivity contribution in [3.8, 4) is 0 Å². The summed E-state index contributed by atoms with van der Waals surface area (Å²) in [6, 6.07) is 6.31. The lowest BCUT2D eigenvalue weighted by Crippen LogP contribution is -2.14. The number of thiazole rings is 1. The summed E-state index contributed by atoms with van der Waals surface area (Å²) in [5.41, 5.74) is 7.60. The molecule has 0 saturated heterocycles. The second-order valence-corrected chi connectivity index (χ2v) is 5.37. The van der Waals surface area contributed by atoms with Gasteiger partial charge < -0.3 is 5.73 Å². The maximum Gasteiger partial charge on any atom is 0.127 e. The van der Waals surface area contributed by atoms with Crippen LogP contribution >= 0.6 is 11.3 Å². The third-order valence-corrected chi connectivity index (χ3v) is 3.87. The van der Waals surface area contributed by atoms with Crippen molar-refractivity contribution < 1.29 is 4.39 Å². The monoisotopic (exact) mass is 250 g/mol. The van der Waals surface area contributed by atoms with Crippen molar-refractivity contribution in [2.24, 2.45) is 5.73 Å². The Balaban J connectivity index is 2.17. The molecule has 90 valence electrons. The fraction of sp³-hybridized carbons (Fsp3) is 0.308. The van der Waals surface area contributed by atoms with Gasteiger partial charge >= 0.3 is 0 Å². The van der Waals surface area contributed by atoms with Crippen LogP contribution in [0.15, 0.2) is 24.3 Å². The fourth-order valence-electron chi connectivity index (χ4n) is 1.70. The molecule has 1 atom stereocenters. The Morgan fingerprint density at radius 1 is 1.35 bits per heavy atom. The van der Waals surface area contributed by atoms with Gasteiger partial charge in [0.1, 0.15) is 5.82 Å². The zero-order valence-corrected chi connectivity index (χ0v) is 10.7. The molecular formula is C13H15FN2S. The molecular weight excluding hydrogens is 235 g/mol. The van der Waals surface area contributed by atoms with Crippen LogP contribution in [0, 0.1) is 19.7 Å². The second kappa shape index (κ2) is 4.94. The van der Waals surface area contributed by atoms with Crippen molar-refractivity contribution in [1.82, 2.24) is 4.98 Å². The van der Waals surface area contributed by atoms with Crippen LogP contribution in [-0.2, 0) is 6.42 Å². The molecule has 2 rings (SSSR count). The topological polar surface area (TPSA) is 38.9 Å². The Hall–Kier alpha value is -1.26. The maximum absolute atomic E-state index is 13.5. The first-order chi connectivity index (χ1) is 8.08. The smallest absolute Gasteiger partial charge is 0.127 e. The first kappa shape index (κ1) is 12.2. The minimum Gasteiger partial charge on any atom is -0.324 e. The van der Waals surface area contributed by atoms with E-state index in [4.69, 9.17) is 5.73 Å². The number of nitrogens with zero attached hydrogens (tertiary/aromatic N) is 1. The van der Waals surface area contributed by atoms with E-state index in [-0.39, 0.29) is 11.9 Å². The summed E-state index contributed by atoms with van der Waals surface area (Å²) in [4.78, 5) is 5.62. The van der Waals surface area contributed by atoms with E-state index < -0.39 is 0 Å². The summed E-state index contributed by atoms with van der Waals surface area (Å²) in [6.07, 6.45) is 0.584. The number of hydrogen-bond donors (Lipinski definition) is 1. The number of aromatic nitrogens is 1. The molecule has 0 aliphatic carbocycles. The first-order valence-corrected chi connectivity index (χ1v) is 6.32. The second-order valence-electron chi connectivity index (χ2n) is 4.08. The van der Waals surface area contributed by atoms with Gasteiger partial charge in [-0.15, -0.1) is 11.3 Å². The molecule has 0 aliphatic rings. The lowest BCUT2D eigenvalue weighted by Gasteiger charge is -2.10. The van der Waals surface area contributed by atoms with Gasteiger partial charge in [0.05, 0.1) is 10.7 Å². The number of hydrogen-bond acceptors (Lipinski definition) is 3. The van der Waals surface area contributed by atoms with E-state index >= 15 is 0 Å². The van der Waals surface area contributed by atoms with Crippen molar-refractivity contribution in [2.75, 3.05) is 0 Å². The van der Waals surface area contributed by atoms with Crippen molar-refractivity contribution in [2.45, 2.75) is 26.3 Å². The summed E-state index contributed by atoms with van der Waals surface area (Å²) in [7, 11) is 0. The highest BCUT2D eigenvalue weighted by Gasteiger charge is 2.14. The van der Waals surface area contributed by atoms with Gasteiger partial charge in [-0.25, -0.2) is 9.37 Å². The average Bonchev–Trinajstić information content (AvgIpc) is 2.58. The van der Waals surface area contributed by atoms with E-state index in [1.165, 1.54) is 10.9 Å². The summed E-state index contributed by atoms with van der Waals surface area (Å²) in [5.74, 6) is -0.245. The van der Waals surface area contributed by atoms with E-state index in [1.807, 2.05) is 13.8 Å². The van der Waals surface area contributed by atoms with Gasteiger partial charge in [-0.1, -0.05) is 18.2 Å². The molecule has 17 heavy (non-hydrogen) atoms. The number of benzene rings is 1. The minimum absolute atomic E-state index is 0.245. The zero-order chi connectivity index (χ0) is 12.4. The largest absolute Gasteiger partial charge is 0.324 e. The van der Waals surface area contributed by atoms with E-state index in [1.54, 1.807) is 29.5 Å². The summed E-state index contributed by atoms with van der Waals surface area (Å²) >= 11 is 1.63. The predicted molar refractivity (Wildman–Crippen MR) is 68.6 cm³/mol. The van der Waals surface area contributed by atoms with Crippen LogP contribution in [0.1, 0.15) is 27.2 Å². The van der Waals surface area contributed by atoms with E-state index in [0.717, 1.165) is 10.7 Å². The number of nitrogens with two attached hydrogens (primary N) is 1. The summed E-state index contributed by atoms with van der Waals surface area (Å²) < 4.78 is 13.5. The number of aryl methyl sites for hydroxylation is 2. The third kappa shape index (κ3) is 2.70.